The molecule has 0 atom stereocenters. The summed E-state index contributed by atoms with van der Waals surface area (Å²) in [5.74, 6) is 0. The second kappa shape index (κ2) is 2.49. The molecule has 1 aliphatic heterocycles. The van der Waals surface area contributed by atoms with Gasteiger partial charge < -0.3 is 5.32 Å². The molecule has 2 rings (SSSR count). The lowest BCUT2D eigenvalue weighted by Crippen LogP contribution is -2.32. The van der Waals surface area contributed by atoms with Crippen molar-refractivity contribution >= 4 is 38.3 Å². The normalized spacial score (nSPS) is 15.2. The third kappa shape index (κ3) is 1.25. The number of nitrogens with one attached hydrogen (secondary N) is 2. The van der Waals surface area contributed by atoms with Crippen LogP contribution in [0.1, 0.15) is 5.56 Å². The van der Waals surface area contributed by atoms with Gasteiger partial charge in [-0.2, -0.15) is 0 Å². The van der Waals surface area contributed by atoms with Crippen molar-refractivity contribution in [1.29, 1.82) is 0 Å². The molecule has 3 nitrogen and oxygen atoms in total. The van der Waals surface area contributed by atoms with Crippen LogP contribution in [0, 0.1) is 0 Å². The van der Waals surface area contributed by atoms with Crippen LogP contribution < -0.4 is 10.6 Å². The Labute approximate surface area is 75.9 Å². The molecule has 1 aromatic heterocycles. The molecule has 0 spiro atoms. The van der Waals surface area contributed by atoms with Crippen molar-refractivity contribution in [3.8, 4) is 0 Å². The van der Waals surface area contributed by atoms with Crippen LogP contribution in [-0.4, -0.2) is 6.03 Å². The average molecular weight is 233 g/mol. The number of thiophene rings is 1. The predicted molar refractivity (Wildman–Crippen MR) is 47.9 cm³/mol. The third-order valence-electron chi connectivity index (χ3n) is 1.45. The molecule has 0 aromatic carbocycles. The van der Waals surface area contributed by atoms with Crippen molar-refractivity contribution in [2.24, 2.45) is 0 Å². The van der Waals surface area contributed by atoms with E-state index in [-0.39, 0.29) is 6.03 Å². The second-order valence-electron chi connectivity index (χ2n) is 2.21. The van der Waals surface area contributed by atoms with Crippen molar-refractivity contribution in [1.82, 2.24) is 5.32 Å². The maximum absolute atomic E-state index is 10.8. The van der Waals surface area contributed by atoms with Gasteiger partial charge in [0, 0.05) is 12.1 Å². The summed E-state index contributed by atoms with van der Waals surface area (Å²) in [6.45, 7) is 0.628. The molecule has 0 saturated heterocycles. The number of halogens is 1. The van der Waals surface area contributed by atoms with Crippen molar-refractivity contribution in [3.63, 3.8) is 0 Å². The summed E-state index contributed by atoms with van der Waals surface area (Å²) >= 11 is 4.89. The molecule has 11 heavy (non-hydrogen) atoms. The van der Waals surface area contributed by atoms with E-state index in [4.69, 9.17) is 0 Å². The van der Waals surface area contributed by atoms with Crippen molar-refractivity contribution in [2.75, 3.05) is 5.32 Å². The maximum Gasteiger partial charge on any atom is 0.320 e. The topological polar surface area (TPSA) is 41.1 Å². The molecule has 2 amide bonds. The lowest BCUT2D eigenvalue weighted by atomic mass is 10.3. The van der Waals surface area contributed by atoms with Gasteiger partial charge in [-0.3, -0.25) is 5.32 Å². The lowest BCUT2D eigenvalue weighted by molar-refractivity contribution is 0.251. The van der Waals surface area contributed by atoms with E-state index >= 15 is 0 Å². The summed E-state index contributed by atoms with van der Waals surface area (Å²) in [6, 6.07) is 1.89. The van der Waals surface area contributed by atoms with Gasteiger partial charge in [-0.25, -0.2) is 4.79 Å². The van der Waals surface area contributed by atoms with E-state index in [0.717, 1.165) is 14.4 Å². The van der Waals surface area contributed by atoms with Crippen molar-refractivity contribution < 1.29 is 4.79 Å². The minimum atomic E-state index is -0.119. The Kier molecular flexibility index (Phi) is 1.61. The molecule has 5 heteroatoms. The minimum Gasteiger partial charge on any atom is -0.334 e. The largest absolute Gasteiger partial charge is 0.334 e. The monoisotopic (exact) mass is 232 g/mol. The number of urea groups is 1. The van der Waals surface area contributed by atoms with E-state index in [9.17, 15) is 4.79 Å². The fourth-order valence-electron chi connectivity index (χ4n) is 0.955. The number of rotatable bonds is 0. The number of fused-ring (bicyclic) bond motifs is 1. The first-order valence-electron chi connectivity index (χ1n) is 3.09. The van der Waals surface area contributed by atoms with Gasteiger partial charge >= 0.3 is 6.03 Å². The Bertz CT molecular complexity index is 310. The third-order valence-corrected chi connectivity index (χ3v) is 3.04. The number of hydrogen-bond donors (Lipinski definition) is 2. The highest BCUT2D eigenvalue weighted by molar-refractivity contribution is 9.11. The van der Waals surface area contributed by atoms with Gasteiger partial charge in [0.15, 0.2) is 0 Å². The summed E-state index contributed by atoms with van der Waals surface area (Å²) < 4.78 is 1.05. The van der Waals surface area contributed by atoms with E-state index in [1.54, 1.807) is 0 Å². The van der Waals surface area contributed by atoms with E-state index < -0.39 is 0 Å². The average Bonchev–Trinajstić information content (AvgIpc) is 2.27. The van der Waals surface area contributed by atoms with E-state index in [1.165, 1.54) is 11.3 Å². The first-order valence-corrected chi connectivity index (χ1v) is 4.70. The van der Waals surface area contributed by atoms with Crippen LogP contribution in [0.4, 0.5) is 9.80 Å². The van der Waals surface area contributed by atoms with Crippen molar-refractivity contribution in [2.45, 2.75) is 6.54 Å². The van der Waals surface area contributed by atoms with E-state index in [2.05, 4.69) is 26.6 Å². The minimum absolute atomic E-state index is 0.119. The molecule has 2 N–H and O–H groups in total. The van der Waals surface area contributed by atoms with Crippen LogP contribution in [-0.2, 0) is 6.54 Å². The smallest absolute Gasteiger partial charge is 0.320 e. The fourth-order valence-corrected chi connectivity index (χ4v) is 2.52. The molecule has 0 aliphatic carbocycles. The van der Waals surface area contributed by atoms with Crippen LogP contribution in [0.5, 0.6) is 0 Å². The molecule has 1 aromatic rings. The number of amides is 2. The Balaban J connectivity index is 2.41. The van der Waals surface area contributed by atoms with Gasteiger partial charge in [-0.05, 0) is 22.0 Å². The highest BCUT2D eigenvalue weighted by Crippen LogP contribution is 2.33. The SMILES string of the molecule is O=C1NCc2cc(Br)sc2N1. The van der Waals surface area contributed by atoms with Crippen LogP contribution >= 0.6 is 27.3 Å². The maximum atomic E-state index is 10.8. The van der Waals surface area contributed by atoms with Gasteiger partial charge in [-0.15, -0.1) is 11.3 Å². The molecule has 0 fully saturated rings. The number of carbonyl (C=O) groups excluding carboxylic acids is 1. The molecule has 1 aliphatic rings. The summed E-state index contributed by atoms with van der Waals surface area (Å²) in [4.78, 5) is 10.8. The molecular weight excluding hydrogens is 228 g/mol. The Morgan fingerprint density at radius 3 is 3.27 bits per heavy atom. The number of anilines is 1. The zero-order valence-electron chi connectivity index (χ0n) is 5.48. The highest BCUT2D eigenvalue weighted by atomic mass is 79.9. The molecule has 2 heterocycles. The van der Waals surface area contributed by atoms with Crippen LogP contribution in [0.15, 0.2) is 9.85 Å². The summed E-state index contributed by atoms with van der Waals surface area (Å²) in [7, 11) is 0. The molecule has 0 radical (unpaired) electrons. The number of hydrogen-bond acceptors (Lipinski definition) is 2. The molecule has 58 valence electrons. The summed E-state index contributed by atoms with van der Waals surface area (Å²) in [5, 5.41) is 6.35. The van der Waals surface area contributed by atoms with Crippen molar-refractivity contribution in [3.05, 3.63) is 15.4 Å². The fraction of sp³-hybridized carbons (Fsp3) is 0.167. The van der Waals surface area contributed by atoms with E-state index in [0.29, 0.717) is 6.54 Å². The first-order chi connectivity index (χ1) is 5.25. The first kappa shape index (κ1) is 7.12. The molecule has 0 bridgehead atoms. The van der Waals surface area contributed by atoms with Gasteiger partial charge in [0.05, 0.1) is 3.79 Å². The summed E-state index contributed by atoms with van der Waals surface area (Å²) in [5.41, 5.74) is 1.14. The highest BCUT2D eigenvalue weighted by Gasteiger charge is 2.15. The molecular formula is C6H5BrN2OS. The van der Waals surface area contributed by atoms with Crippen LogP contribution in [0.3, 0.4) is 0 Å². The quantitative estimate of drug-likeness (QED) is 0.708. The van der Waals surface area contributed by atoms with Crippen LogP contribution in [0.25, 0.3) is 0 Å². The van der Waals surface area contributed by atoms with Crippen LogP contribution in [0.2, 0.25) is 0 Å². The lowest BCUT2D eigenvalue weighted by Gasteiger charge is -2.12. The van der Waals surface area contributed by atoms with Gasteiger partial charge in [-0.1, -0.05) is 0 Å². The Morgan fingerprint density at radius 2 is 2.45 bits per heavy atom. The Hall–Kier alpha value is -0.550. The van der Waals surface area contributed by atoms with Gasteiger partial charge in [0.2, 0.25) is 0 Å². The molecule has 0 saturated carbocycles. The van der Waals surface area contributed by atoms with Gasteiger partial charge in [0.25, 0.3) is 0 Å². The Morgan fingerprint density at radius 1 is 1.64 bits per heavy atom. The standard InChI is InChI=1S/C6H5BrN2OS/c7-4-1-3-2-8-6(10)9-5(3)11-4/h1H,2H2,(H2,8,9,10). The summed E-state index contributed by atoms with van der Waals surface area (Å²) in [6.07, 6.45) is 0. The second-order valence-corrected chi connectivity index (χ2v) is 4.64. The van der Waals surface area contributed by atoms with E-state index in [1.807, 2.05) is 6.07 Å². The zero-order chi connectivity index (χ0) is 7.84. The zero-order valence-corrected chi connectivity index (χ0v) is 7.88. The number of carbonyl (C=O) groups is 1. The van der Waals surface area contributed by atoms with Gasteiger partial charge in [0.1, 0.15) is 5.00 Å². The molecule has 0 unspecified atom stereocenters. The predicted octanol–water partition coefficient (Wildman–Crippen LogP) is 2.15.